The molecule has 3 aromatic rings. The van der Waals surface area contributed by atoms with Gasteiger partial charge in [0, 0.05) is 23.8 Å². The lowest BCUT2D eigenvalue weighted by atomic mass is 9.89. The normalized spacial score (nSPS) is 15.1. The number of rotatable bonds is 9. The maximum Gasteiger partial charge on any atom is 0.319 e. The molecule has 3 amide bonds. The zero-order valence-corrected chi connectivity index (χ0v) is 23.9. The molecular formula is C31H36Cl2N4O2. The SMILES string of the molecule is CC(C)C(=O)Nc1cccc(C2CCN(CC[C@H](NC(=O)Nc3ccc(Cl)c(Cl)c3)c3ccccc3)CC2)c1. The number of hydrogen-bond acceptors (Lipinski definition) is 3. The zero-order valence-electron chi connectivity index (χ0n) is 22.4. The minimum absolute atomic E-state index is 0.0363. The smallest absolute Gasteiger partial charge is 0.319 e. The van der Waals surface area contributed by atoms with Gasteiger partial charge < -0.3 is 20.9 Å². The van der Waals surface area contributed by atoms with E-state index in [-0.39, 0.29) is 23.9 Å². The Labute approximate surface area is 241 Å². The number of anilines is 2. The van der Waals surface area contributed by atoms with Crippen molar-refractivity contribution >= 4 is 46.5 Å². The molecule has 0 radical (unpaired) electrons. The van der Waals surface area contributed by atoms with E-state index in [2.05, 4.69) is 33.0 Å². The van der Waals surface area contributed by atoms with Crippen molar-refractivity contribution in [3.63, 3.8) is 0 Å². The van der Waals surface area contributed by atoms with Crippen molar-refractivity contribution in [2.24, 2.45) is 5.92 Å². The molecule has 1 heterocycles. The number of halogens is 2. The van der Waals surface area contributed by atoms with Crippen LogP contribution in [0.3, 0.4) is 0 Å². The number of amides is 3. The number of carbonyl (C=O) groups is 2. The summed E-state index contributed by atoms with van der Waals surface area (Å²) in [7, 11) is 0. The Kier molecular flexibility index (Phi) is 10.3. The highest BCUT2D eigenvalue weighted by Gasteiger charge is 2.23. The molecule has 0 unspecified atom stereocenters. The molecule has 4 rings (SSSR count). The van der Waals surface area contributed by atoms with E-state index in [1.807, 2.05) is 56.3 Å². The van der Waals surface area contributed by atoms with E-state index >= 15 is 0 Å². The number of hydrogen-bond donors (Lipinski definition) is 3. The summed E-state index contributed by atoms with van der Waals surface area (Å²) in [6.07, 6.45) is 2.91. The lowest BCUT2D eigenvalue weighted by Crippen LogP contribution is -2.38. The van der Waals surface area contributed by atoms with E-state index < -0.39 is 0 Å². The Hall–Kier alpha value is -3.06. The molecule has 3 N–H and O–H groups in total. The fraction of sp³-hybridized carbons (Fsp3) is 0.355. The van der Waals surface area contributed by atoms with Crippen LogP contribution in [0.2, 0.25) is 10.0 Å². The third-order valence-corrected chi connectivity index (χ3v) is 7.90. The number of benzene rings is 3. The number of likely N-dealkylation sites (tertiary alicyclic amines) is 1. The maximum absolute atomic E-state index is 12.8. The van der Waals surface area contributed by atoms with Crippen molar-refractivity contribution in [1.82, 2.24) is 10.2 Å². The number of nitrogens with one attached hydrogen (secondary N) is 3. The Balaban J connectivity index is 1.32. The topological polar surface area (TPSA) is 73.5 Å². The minimum atomic E-state index is -0.287. The number of nitrogens with zero attached hydrogens (tertiary/aromatic N) is 1. The summed E-state index contributed by atoms with van der Waals surface area (Å²) in [4.78, 5) is 27.4. The van der Waals surface area contributed by atoms with Gasteiger partial charge in [0.2, 0.25) is 5.91 Å². The van der Waals surface area contributed by atoms with Gasteiger partial charge in [0.25, 0.3) is 0 Å². The average molecular weight is 568 g/mol. The first-order valence-corrected chi connectivity index (χ1v) is 14.2. The Morgan fingerprint density at radius 1 is 0.872 bits per heavy atom. The van der Waals surface area contributed by atoms with E-state index in [1.54, 1.807) is 18.2 Å². The molecule has 0 aromatic heterocycles. The van der Waals surface area contributed by atoms with E-state index in [9.17, 15) is 9.59 Å². The largest absolute Gasteiger partial charge is 0.331 e. The summed E-state index contributed by atoms with van der Waals surface area (Å²) in [6, 6.07) is 22.9. The quantitative estimate of drug-likeness (QED) is 0.248. The molecule has 1 atom stereocenters. The van der Waals surface area contributed by atoms with Gasteiger partial charge in [0.05, 0.1) is 16.1 Å². The van der Waals surface area contributed by atoms with Crippen LogP contribution in [0.25, 0.3) is 0 Å². The summed E-state index contributed by atoms with van der Waals surface area (Å²) < 4.78 is 0. The Morgan fingerprint density at radius 2 is 1.59 bits per heavy atom. The second-order valence-electron chi connectivity index (χ2n) is 10.4. The number of piperidine rings is 1. The van der Waals surface area contributed by atoms with E-state index in [0.29, 0.717) is 21.7 Å². The standard InChI is InChI=1S/C31H36Cl2N4O2/c1-21(2)30(38)34-25-10-6-9-24(19-25)22-13-16-37(17-14-22)18-15-29(23-7-4-3-5-8-23)36-31(39)35-26-11-12-27(32)28(33)20-26/h3-12,19-22,29H,13-18H2,1-2H3,(H,34,38)(H2,35,36,39)/t29-/m0/s1. The average Bonchev–Trinajstić information content (AvgIpc) is 2.94. The second-order valence-corrected chi connectivity index (χ2v) is 11.2. The fourth-order valence-electron chi connectivity index (χ4n) is 4.87. The van der Waals surface area contributed by atoms with Crippen LogP contribution in [0.15, 0.2) is 72.8 Å². The molecule has 1 saturated heterocycles. The lowest BCUT2D eigenvalue weighted by Gasteiger charge is -2.33. The van der Waals surface area contributed by atoms with Gasteiger partial charge in [-0.2, -0.15) is 0 Å². The molecule has 8 heteroatoms. The highest BCUT2D eigenvalue weighted by molar-refractivity contribution is 6.42. The van der Waals surface area contributed by atoms with Crippen LogP contribution in [0.4, 0.5) is 16.2 Å². The minimum Gasteiger partial charge on any atom is -0.331 e. The molecule has 0 bridgehead atoms. The van der Waals surface area contributed by atoms with Gasteiger partial charge in [-0.25, -0.2) is 4.79 Å². The number of carbonyl (C=O) groups excluding carboxylic acids is 2. The monoisotopic (exact) mass is 566 g/mol. The zero-order chi connectivity index (χ0) is 27.8. The van der Waals surface area contributed by atoms with Gasteiger partial charge in [0.1, 0.15) is 0 Å². The molecule has 39 heavy (non-hydrogen) atoms. The van der Waals surface area contributed by atoms with Crippen LogP contribution in [0, 0.1) is 5.92 Å². The van der Waals surface area contributed by atoms with Gasteiger partial charge in [-0.05, 0) is 79.7 Å². The molecule has 1 aliphatic rings. The van der Waals surface area contributed by atoms with Crippen molar-refractivity contribution < 1.29 is 9.59 Å². The predicted molar refractivity (Wildman–Crippen MR) is 161 cm³/mol. The first-order chi connectivity index (χ1) is 18.8. The van der Waals surface area contributed by atoms with E-state index in [1.165, 1.54) is 5.56 Å². The van der Waals surface area contributed by atoms with Crippen molar-refractivity contribution in [2.45, 2.75) is 45.1 Å². The molecule has 6 nitrogen and oxygen atoms in total. The molecule has 0 spiro atoms. The first kappa shape index (κ1) is 28.9. The van der Waals surface area contributed by atoms with Gasteiger partial charge in [-0.15, -0.1) is 0 Å². The van der Waals surface area contributed by atoms with Crippen molar-refractivity contribution in [2.75, 3.05) is 30.3 Å². The highest BCUT2D eigenvalue weighted by Crippen LogP contribution is 2.30. The molecule has 1 aliphatic heterocycles. The Morgan fingerprint density at radius 3 is 2.28 bits per heavy atom. The number of urea groups is 1. The maximum atomic E-state index is 12.8. The molecule has 3 aromatic carbocycles. The molecule has 206 valence electrons. The third kappa shape index (κ3) is 8.46. The van der Waals surface area contributed by atoms with Gasteiger partial charge in [-0.1, -0.05) is 79.5 Å². The first-order valence-electron chi connectivity index (χ1n) is 13.5. The van der Waals surface area contributed by atoms with Crippen LogP contribution >= 0.6 is 23.2 Å². The summed E-state index contributed by atoms with van der Waals surface area (Å²) in [5.74, 6) is 0.458. The summed E-state index contributed by atoms with van der Waals surface area (Å²) in [5.41, 5.74) is 3.80. The molecular weight excluding hydrogens is 531 g/mol. The molecule has 0 aliphatic carbocycles. The van der Waals surface area contributed by atoms with Crippen molar-refractivity contribution in [1.29, 1.82) is 0 Å². The van der Waals surface area contributed by atoms with Crippen LogP contribution in [0.1, 0.15) is 56.2 Å². The van der Waals surface area contributed by atoms with Crippen LogP contribution in [-0.2, 0) is 4.79 Å². The summed E-state index contributed by atoms with van der Waals surface area (Å²) in [5, 5.41) is 9.84. The summed E-state index contributed by atoms with van der Waals surface area (Å²) in [6.45, 7) is 6.65. The Bertz CT molecular complexity index is 1260. The fourth-order valence-corrected chi connectivity index (χ4v) is 5.16. The van der Waals surface area contributed by atoms with E-state index in [4.69, 9.17) is 23.2 Å². The second kappa shape index (κ2) is 13.8. The third-order valence-electron chi connectivity index (χ3n) is 7.16. The van der Waals surface area contributed by atoms with Crippen molar-refractivity contribution in [3.05, 3.63) is 94.0 Å². The lowest BCUT2D eigenvalue weighted by molar-refractivity contribution is -0.118. The van der Waals surface area contributed by atoms with Crippen LogP contribution in [-0.4, -0.2) is 36.5 Å². The van der Waals surface area contributed by atoms with Gasteiger partial charge in [0.15, 0.2) is 0 Å². The van der Waals surface area contributed by atoms with Crippen LogP contribution < -0.4 is 16.0 Å². The van der Waals surface area contributed by atoms with Crippen LogP contribution in [0.5, 0.6) is 0 Å². The molecule has 1 fully saturated rings. The highest BCUT2D eigenvalue weighted by atomic mass is 35.5. The van der Waals surface area contributed by atoms with Gasteiger partial charge in [-0.3, -0.25) is 4.79 Å². The summed E-state index contributed by atoms with van der Waals surface area (Å²) >= 11 is 12.1. The molecule has 0 saturated carbocycles. The predicted octanol–water partition coefficient (Wildman–Crippen LogP) is 7.72. The van der Waals surface area contributed by atoms with Crippen molar-refractivity contribution in [3.8, 4) is 0 Å². The van der Waals surface area contributed by atoms with Gasteiger partial charge >= 0.3 is 6.03 Å². The van der Waals surface area contributed by atoms with E-state index in [0.717, 1.165) is 50.1 Å².